The van der Waals surface area contributed by atoms with E-state index in [-0.39, 0.29) is 23.5 Å². The topological polar surface area (TPSA) is 49.8 Å². The van der Waals surface area contributed by atoms with Crippen molar-refractivity contribution in [3.63, 3.8) is 0 Å². The molecule has 0 spiro atoms. The molecule has 0 aromatic heterocycles. The lowest BCUT2D eigenvalue weighted by Crippen LogP contribution is -2.47. The third-order valence-corrected chi connectivity index (χ3v) is 3.90. The zero-order valence-corrected chi connectivity index (χ0v) is 11.9. The predicted octanol–water partition coefficient (Wildman–Crippen LogP) is 2.72. The number of halogens is 2. The van der Waals surface area contributed by atoms with Gasteiger partial charge in [-0.05, 0) is 24.6 Å². The Hall–Kier alpha value is -1.17. The average Bonchev–Trinajstić information content (AvgIpc) is 2.41. The number of benzene rings is 1. The first-order valence-corrected chi connectivity index (χ1v) is 6.87. The molecular formula is C14H17ClFNO3. The maximum atomic E-state index is 13.2. The van der Waals surface area contributed by atoms with Gasteiger partial charge in [-0.15, -0.1) is 0 Å². The van der Waals surface area contributed by atoms with E-state index in [1.54, 1.807) is 12.1 Å². The molecule has 1 heterocycles. The standard InChI is InChI=1S/C14H17ClFNO3/c1-9(10-2-3-13(16)12(15)6-10)17-4-5-20-8-11(17)7-14(18)19/h2-3,6,9,11H,4-5,7-8H2,1H3,(H,18,19). The highest BCUT2D eigenvalue weighted by atomic mass is 35.5. The summed E-state index contributed by atoms with van der Waals surface area (Å²) in [5.74, 6) is -1.30. The number of carbonyl (C=O) groups is 1. The van der Waals surface area contributed by atoms with Crippen molar-refractivity contribution in [1.29, 1.82) is 0 Å². The van der Waals surface area contributed by atoms with Gasteiger partial charge in [0.1, 0.15) is 5.82 Å². The summed E-state index contributed by atoms with van der Waals surface area (Å²) < 4.78 is 18.6. The summed E-state index contributed by atoms with van der Waals surface area (Å²) in [7, 11) is 0. The van der Waals surface area contributed by atoms with Gasteiger partial charge in [-0.3, -0.25) is 9.69 Å². The summed E-state index contributed by atoms with van der Waals surface area (Å²) in [4.78, 5) is 13.0. The van der Waals surface area contributed by atoms with Crippen LogP contribution in [0.15, 0.2) is 18.2 Å². The molecule has 0 radical (unpaired) electrons. The van der Waals surface area contributed by atoms with Crippen LogP contribution in [0.5, 0.6) is 0 Å². The number of rotatable bonds is 4. The third-order valence-electron chi connectivity index (χ3n) is 3.61. The summed E-state index contributed by atoms with van der Waals surface area (Å²) >= 11 is 5.81. The smallest absolute Gasteiger partial charge is 0.305 e. The molecule has 1 N–H and O–H groups in total. The molecule has 4 nitrogen and oxygen atoms in total. The zero-order valence-electron chi connectivity index (χ0n) is 11.2. The lowest BCUT2D eigenvalue weighted by atomic mass is 10.0. The van der Waals surface area contributed by atoms with Gasteiger partial charge >= 0.3 is 5.97 Å². The number of hydrogen-bond donors (Lipinski definition) is 1. The summed E-state index contributed by atoms with van der Waals surface area (Å²) in [5.41, 5.74) is 0.869. The van der Waals surface area contributed by atoms with Crippen LogP contribution >= 0.6 is 11.6 Å². The maximum Gasteiger partial charge on any atom is 0.305 e. The summed E-state index contributed by atoms with van der Waals surface area (Å²) in [6.07, 6.45) is 0.0271. The van der Waals surface area contributed by atoms with Crippen molar-refractivity contribution in [1.82, 2.24) is 4.90 Å². The number of hydrogen-bond acceptors (Lipinski definition) is 3. The van der Waals surface area contributed by atoms with Gasteiger partial charge in [0.2, 0.25) is 0 Å². The quantitative estimate of drug-likeness (QED) is 0.929. The second-order valence-electron chi connectivity index (χ2n) is 4.91. The Balaban J connectivity index is 2.17. The molecule has 1 aromatic carbocycles. The number of morpholine rings is 1. The van der Waals surface area contributed by atoms with Crippen LogP contribution < -0.4 is 0 Å². The second-order valence-corrected chi connectivity index (χ2v) is 5.32. The Morgan fingerprint density at radius 2 is 2.40 bits per heavy atom. The fourth-order valence-electron chi connectivity index (χ4n) is 2.52. The molecule has 20 heavy (non-hydrogen) atoms. The van der Waals surface area contributed by atoms with Crippen molar-refractivity contribution in [2.24, 2.45) is 0 Å². The minimum Gasteiger partial charge on any atom is -0.481 e. The normalized spacial score (nSPS) is 21.6. The molecule has 1 aliphatic heterocycles. The molecule has 0 aliphatic carbocycles. The van der Waals surface area contributed by atoms with Gasteiger partial charge in [-0.1, -0.05) is 17.7 Å². The van der Waals surface area contributed by atoms with Crippen molar-refractivity contribution in [2.75, 3.05) is 19.8 Å². The highest BCUT2D eigenvalue weighted by Gasteiger charge is 2.29. The van der Waals surface area contributed by atoms with E-state index < -0.39 is 11.8 Å². The van der Waals surface area contributed by atoms with Gasteiger partial charge in [-0.2, -0.15) is 0 Å². The van der Waals surface area contributed by atoms with Gasteiger partial charge in [-0.25, -0.2) is 4.39 Å². The number of carboxylic acid groups (broad SMARTS) is 1. The molecule has 0 bridgehead atoms. The van der Waals surface area contributed by atoms with Crippen molar-refractivity contribution in [2.45, 2.75) is 25.4 Å². The number of aliphatic carboxylic acids is 1. The van der Waals surface area contributed by atoms with Crippen LogP contribution in [0, 0.1) is 5.82 Å². The molecule has 1 saturated heterocycles. The largest absolute Gasteiger partial charge is 0.481 e. The molecule has 1 aromatic rings. The minimum atomic E-state index is -0.852. The van der Waals surface area contributed by atoms with Crippen molar-refractivity contribution in [3.8, 4) is 0 Å². The van der Waals surface area contributed by atoms with Crippen molar-refractivity contribution < 1.29 is 19.0 Å². The SMILES string of the molecule is CC(c1ccc(F)c(Cl)c1)N1CCOCC1CC(=O)O. The minimum absolute atomic E-state index is 0.0271. The van der Waals surface area contributed by atoms with Gasteiger partial charge in [0.25, 0.3) is 0 Å². The Labute approximate surface area is 122 Å². The highest BCUT2D eigenvalue weighted by molar-refractivity contribution is 6.30. The van der Waals surface area contributed by atoms with Gasteiger partial charge in [0, 0.05) is 18.6 Å². The van der Waals surface area contributed by atoms with Gasteiger partial charge < -0.3 is 9.84 Å². The predicted molar refractivity (Wildman–Crippen MR) is 73.4 cm³/mol. The van der Waals surface area contributed by atoms with Crippen LogP contribution in [-0.2, 0) is 9.53 Å². The molecule has 0 amide bonds. The first-order chi connectivity index (χ1) is 9.49. The fourth-order valence-corrected chi connectivity index (χ4v) is 2.71. The van der Waals surface area contributed by atoms with Crippen LogP contribution in [0.1, 0.15) is 24.9 Å². The fraction of sp³-hybridized carbons (Fsp3) is 0.500. The lowest BCUT2D eigenvalue weighted by molar-refractivity contribution is -0.140. The Kier molecular flexibility index (Phi) is 4.96. The summed E-state index contributed by atoms with van der Waals surface area (Å²) in [6, 6.07) is 4.39. The van der Waals surface area contributed by atoms with E-state index in [4.69, 9.17) is 21.4 Å². The Morgan fingerprint density at radius 3 is 3.05 bits per heavy atom. The van der Waals surface area contributed by atoms with Crippen LogP contribution in [0.3, 0.4) is 0 Å². The third kappa shape index (κ3) is 3.48. The molecule has 0 saturated carbocycles. The van der Waals surface area contributed by atoms with E-state index in [0.29, 0.717) is 19.8 Å². The van der Waals surface area contributed by atoms with E-state index in [2.05, 4.69) is 4.90 Å². The molecule has 1 aliphatic rings. The monoisotopic (exact) mass is 301 g/mol. The van der Waals surface area contributed by atoms with E-state index in [1.165, 1.54) is 6.07 Å². The van der Waals surface area contributed by atoms with Gasteiger partial charge in [0.05, 0.1) is 24.7 Å². The Morgan fingerprint density at radius 1 is 1.65 bits per heavy atom. The van der Waals surface area contributed by atoms with Crippen molar-refractivity contribution >= 4 is 17.6 Å². The van der Waals surface area contributed by atoms with Crippen LogP contribution in [0.2, 0.25) is 5.02 Å². The van der Waals surface area contributed by atoms with E-state index in [9.17, 15) is 9.18 Å². The first kappa shape index (κ1) is 15.2. The van der Waals surface area contributed by atoms with Crippen molar-refractivity contribution in [3.05, 3.63) is 34.6 Å². The molecule has 2 unspecified atom stereocenters. The maximum absolute atomic E-state index is 13.2. The molecule has 2 rings (SSSR count). The van der Waals surface area contributed by atoms with Gasteiger partial charge in [0.15, 0.2) is 0 Å². The number of carboxylic acids is 1. The first-order valence-electron chi connectivity index (χ1n) is 6.49. The summed E-state index contributed by atoms with van der Waals surface area (Å²) in [6.45, 7) is 3.57. The van der Waals surface area contributed by atoms with E-state index >= 15 is 0 Å². The number of nitrogens with zero attached hydrogens (tertiary/aromatic N) is 1. The molecule has 110 valence electrons. The Bertz CT molecular complexity index is 497. The summed E-state index contributed by atoms with van der Waals surface area (Å²) in [5, 5.41) is 9.04. The number of ether oxygens (including phenoxy) is 1. The molecule has 2 atom stereocenters. The van der Waals surface area contributed by atoms with Crippen LogP contribution in [-0.4, -0.2) is 41.8 Å². The van der Waals surface area contributed by atoms with Crippen LogP contribution in [0.4, 0.5) is 4.39 Å². The van der Waals surface area contributed by atoms with E-state index in [1.807, 2.05) is 6.92 Å². The lowest BCUT2D eigenvalue weighted by Gasteiger charge is -2.39. The molecular weight excluding hydrogens is 285 g/mol. The van der Waals surface area contributed by atoms with E-state index in [0.717, 1.165) is 5.56 Å². The molecule has 1 fully saturated rings. The zero-order chi connectivity index (χ0) is 14.7. The molecule has 6 heteroatoms. The highest BCUT2D eigenvalue weighted by Crippen LogP contribution is 2.28. The second kappa shape index (κ2) is 6.52. The van der Waals surface area contributed by atoms with Crippen LogP contribution in [0.25, 0.3) is 0 Å². The average molecular weight is 302 g/mol.